The van der Waals surface area contributed by atoms with Gasteiger partial charge in [-0.3, -0.25) is 9.30 Å². The van der Waals surface area contributed by atoms with Crippen molar-refractivity contribution in [2.24, 2.45) is 0 Å². The highest BCUT2D eigenvalue weighted by molar-refractivity contribution is 5.37. The molecule has 3 atom stereocenters. The largest absolute Gasteiger partial charge is 0.303 e. The molecule has 0 spiro atoms. The zero-order valence-corrected chi connectivity index (χ0v) is 14.8. The average Bonchev–Trinajstić information content (AvgIpc) is 3.19. The lowest BCUT2D eigenvalue weighted by Crippen LogP contribution is -2.35. The molecule has 0 bridgehead atoms. The van der Waals surface area contributed by atoms with Crippen LogP contribution >= 0.6 is 0 Å². The van der Waals surface area contributed by atoms with E-state index >= 15 is 0 Å². The molecular weight excluding hydrogens is 310 g/mol. The van der Waals surface area contributed by atoms with Gasteiger partial charge in [0.1, 0.15) is 0 Å². The van der Waals surface area contributed by atoms with Crippen LogP contribution in [0.5, 0.6) is 0 Å². The van der Waals surface area contributed by atoms with Crippen LogP contribution in [0.25, 0.3) is 5.65 Å². The molecule has 1 aromatic carbocycles. The normalized spacial score (nSPS) is 22.5. The van der Waals surface area contributed by atoms with Crippen molar-refractivity contribution in [3.8, 4) is 0 Å². The molecule has 4 rings (SSSR count). The van der Waals surface area contributed by atoms with Gasteiger partial charge in [-0.25, -0.2) is 0 Å². The van der Waals surface area contributed by atoms with Gasteiger partial charge < -0.3 is 5.32 Å². The lowest BCUT2D eigenvalue weighted by atomic mass is 10.1. The quantitative estimate of drug-likeness (QED) is 0.778. The lowest BCUT2D eigenvalue weighted by Gasteiger charge is -2.21. The van der Waals surface area contributed by atoms with Crippen LogP contribution in [0.1, 0.15) is 37.7 Å². The highest BCUT2D eigenvalue weighted by Gasteiger charge is 2.30. The maximum atomic E-state index is 4.38. The molecule has 1 fully saturated rings. The van der Waals surface area contributed by atoms with E-state index in [0.717, 1.165) is 31.0 Å². The van der Waals surface area contributed by atoms with Crippen molar-refractivity contribution >= 4 is 5.65 Å². The van der Waals surface area contributed by atoms with Crippen LogP contribution in [-0.4, -0.2) is 38.1 Å². The van der Waals surface area contributed by atoms with Crippen molar-refractivity contribution in [3.05, 3.63) is 66.1 Å². The van der Waals surface area contributed by atoms with Crippen LogP contribution in [0.4, 0.5) is 0 Å². The Kier molecular flexibility index (Phi) is 4.51. The number of nitrogens with one attached hydrogen (secondary N) is 1. The summed E-state index contributed by atoms with van der Waals surface area (Å²) in [5, 5.41) is 12.4. The number of aromatic nitrogens is 3. The number of nitrogens with zero attached hydrogens (tertiary/aromatic N) is 4. The number of pyridine rings is 1. The molecule has 1 N–H and O–H groups in total. The Hall–Kier alpha value is -2.24. The minimum Gasteiger partial charge on any atom is -0.303 e. The van der Waals surface area contributed by atoms with E-state index in [1.54, 1.807) is 0 Å². The molecule has 3 heterocycles. The fraction of sp³-hybridized carbons (Fsp3) is 0.400. The van der Waals surface area contributed by atoms with E-state index in [4.69, 9.17) is 0 Å². The second-order valence-electron chi connectivity index (χ2n) is 7.07. The second kappa shape index (κ2) is 6.94. The summed E-state index contributed by atoms with van der Waals surface area (Å²) in [5.74, 6) is 0.977. The van der Waals surface area contributed by atoms with Crippen molar-refractivity contribution in [3.63, 3.8) is 0 Å². The van der Waals surface area contributed by atoms with Crippen LogP contribution in [-0.2, 0) is 6.54 Å². The third-order valence-electron chi connectivity index (χ3n) is 5.15. The summed E-state index contributed by atoms with van der Waals surface area (Å²) in [6.45, 7) is 6.58. The molecule has 1 aliphatic rings. The molecule has 5 heteroatoms. The van der Waals surface area contributed by atoms with Gasteiger partial charge >= 0.3 is 0 Å². The van der Waals surface area contributed by atoms with E-state index in [-0.39, 0.29) is 6.04 Å². The Morgan fingerprint density at radius 2 is 1.92 bits per heavy atom. The number of hydrogen-bond donors (Lipinski definition) is 1. The molecule has 1 saturated heterocycles. The van der Waals surface area contributed by atoms with Crippen LogP contribution < -0.4 is 5.32 Å². The minimum atomic E-state index is 0.172. The first kappa shape index (κ1) is 16.2. The number of fused-ring (bicyclic) bond motifs is 1. The van der Waals surface area contributed by atoms with Gasteiger partial charge in [-0.15, -0.1) is 10.2 Å². The fourth-order valence-corrected chi connectivity index (χ4v) is 3.84. The molecular formula is C20H25N5. The van der Waals surface area contributed by atoms with Gasteiger partial charge in [0.2, 0.25) is 0 Å². The molecule has 0 aliphatic carbocycles. The highest BCUT2D eigenvalue weighted by Crippen LogP contribution is 2.22. The molecule has 2 aromatic heterocycles. The summed E-state index contributed by atoms with van der Waals surface area (Å²) in [6, 6.07) is 18.0. The minimum absolute atomic E-state index is 0.172. The Morgan fingerprint density at radius 1 is 1.12 bits per heavy atom. The van der Waals surface area contributed by atoms with Gasteiger partial charge in [0, 0.05) is 31.4 Å². The predicted octanol–water partition coefficient (Wildman–Crippen LogP) is 3.04. The van der Waals surface area contributed by atoms with Crippen LogP contribution in [0.3, 0.4) is 0 Å². The van der Waals surface area contributed by atoms with Gasteiger partial charge in [0.05, 0.1) is 6.04 Å². The maximum Gasteiger partial charge on any atom is 0.160 e. The second-order valence-corrected chi connectivity index (χ2v) is 7.07. The molecule has 3 unspecified atom stereocenters. The summed E-state index contributed by atoms with van der Waals surface area (Å²) in [4.78, 5) is 2.56. The van der Waals surface area contributed by atoms with Crippen molar-refractivity contribution in [2.45, 2.75) is 44.9 Å². The highest BCUT2D eigenvalue weighted by atomic mass is 15.3. The van der Waals surface area contributed by atoms with Gasteiger partial charge in [-0.1, -0.05) is 36.4 Å². The average molecular weight is 335 g/mol. The maximum absolute atomic E-state index is 4.38. The first-order chi connectivity index (χ1) is 12.2. The van der Waals surface area contributed by atoms with E-state index in [1.165, 1.54) is 5.56 Å². The molecule has 3 aromatic rings. The zero-order valence-electron chi connectivity index (χ0n) is 14.8. The van der Waals surface area contributed by atoms with E-state index < -0.39 is 0 Å². The molecule has 0 saturated carbocycles. The van der Waals surface area contributed by atoms with Crippen molar-refractivity contribution in [1.29, 1.82) is 0 Å². The van der Waals surface area contributed by atoms with Crippen LogP contribution in [0, 0.1) is 0 Å². The molecule has 130 valence electrons. The van der Waals surface area contributed by atoms with Gasteiger partial charge in [0.15, 0.2) is 11.5 Å². The zero-order chi connectivity index (χ0) is 17.2. The van der Waals surface area contributed by atoms with Crippen molar-refractivity contribution in [1.82, 2.24) is 24.8 Å². The first-order valence-electron chi connectivity index (χ1n) is 9.04. The standard InChI is InChI=1S/C20H25N5/c1-15-12-18(14-24(15)13-17-8-4-3-5-9-17)21-16(2)20-23-22-19-10-6-7-11-25(19)20/h3-11,15-16,18,21H,12-14H2,1-2H3. The Morgan fingerprint density at radius 3 is 2.76 bits per heavy atom. The summed E-state index contributed by atoms with van der Waals surface area (Å²) in [7, 11) is 0. The third kappa shape index (κ3) is 3.43. The van der Waals surface area contributed by atoms with Gasteiger partial charge in [-0.05, 0) is 38.0 Å². The number of hydrogen-bond acceptors (Lipinski definition) is 4. The van der Waals surface area contributed by atoms with Gasteiger partial charge in [0.25, 0.3) is 0 Å². The monoisotopic (exact) mass is 335 g/mol. The topological polar surface area (TPSA) is 45.5 Å². The smallest absolute Gasteiger partial charge is 0.160 e. The summed E-state index contributed by atoms with van der Waals surface area (Å²) >= 11 is 0. The van der Waals surface area contributed by atoms with E-state index in [1.807, 2.05) is 24.4 Å². The van der Waals surface area contributed by atoms with Crippen molar-refractivity contribution < 1.29 is 0 Å². The third-order valence-corrected chi connectivity index (χ3v) is 5.15. The van der Waals surface area contributed by atoms with E-state index in [9.17, 15) is 0 Å². The predicted molar refractivity (Wildman–Crippen MR) is 99.3 cm³/mol. The van der Waals surface area contributed by atoms with E-state index in [0.29, 0.717) is 12.1 Å². The SMILES string of the molecule is CC(NC1CC(C)N(Cc2ccccc2)C1)c1nnc2ccccn12. The molecule has 1 aliphatic heterocycles. The van der Waals surface area contributed by atoms with Crippen LogP contribution in [0.15, 0.2) is 54.7 Å². The number of likely N-dealkylation sites (tertiary alicyclic amines) is 1. The van der Waals surface area contributed by atoms with Gasteiger partial charge in [-0.2, -0.15) is 0 Å². The Balaban J connectivity index is 1.41. The Labute approximate surface area is 148 Å². The fourth-order valence-electron chi connectivity index (χ4n) is 3.84. The molecule has 0 radical (unpaired) electrons. The molecule has 0 amide bonds. The molecule has 25 heavy (non-hydrogen) atoms. The molecule has 5 nitrogen and oxygen atoms in total. The lowest BCUT2D eigenvalue weighted by molar-refractivity contribution is 0.256. The summed E-state index contributed by atoms with van der Waals surface area (Å²) in [6.07, 6.45) is 3.19. The van der Waals surface area contributed by atoms with E-state index in [2.05, 4.69) is 69.0 Å². The number of benzene rings is 1. The summed E-state index contributed by atoms with van der Waals surface area (Å²) < 4.78 is 2.07. The van der Waals surface area contributed by atoms with Crippen LogP contribution in [0.2, 0.25) is 0 Å². The summed E-state index contributed by atoms with van der Waals surface area (Å²) in [5.41, 5.74) is 2.28. The number of rotatable bonds is 5. The Bertz CT molecular complexity index is 828. The first-order valence-corrected chi connectivity index (χ1v) is 9.04. The van der Waals surface area contributed by atoms with Crippen molar-refractivity contribution in [2.75, 3.05) is 6.54 Å².